The number of aromatic nitrogens is 2. The molecule has 3 rings (SSSR count). The van der Waals surface area contributed by atoms with E-state index in [0.717, 1.165) is 11.3 Å². The van der Waals surface area contributed by atoms with Gasteiger partial charge < -0.3 is 10.1 Å². The first kappa shape index (κ1) is 16.1. The summed E-state index contributed by atoms with van der Waals surface area (Å²) in [7, 11) is 1.51. The highest BCUT2D eigenvalue weighted by Crippen LogP contribution is 2.23. The molecular formula is C18H16ClN3O2. The van der Waals surface area contributed by atoms with Crippen molar-refractivity contribution in [2.24, 2.45) is 0 Å². The van der Waals surface area contributed by atoms with Gasteiger partial charge in [0.05, 0.1) is 19.0 Å². The highest BCUT2D eigenvalue weighted by atomic mass is 35.5. The van der Waals surface area contributed by atoms with Crippen molar-refractivity contribution in [2.75, 3.05) is 12.4 Å². The summed E-state index contributed by atoms with van der Waals surface area (Å²) in [6, 6.07) is 14.8. The number of hydrogen-bond donors (Lipinski definition) is 1. The Hall–Kier alpha value is -2.79. The first-order chi connectivity index (χ1) is 11.6. The van der Waals surface area contributed by atoms with E-state index in [1.807, 2.05) is 43.3 Å². The molecule has 1 heterocycles. The van der Waals surface area contributed by atoms with Gasteiger partial charge in [0.15, 0.2) is 11.4 Å². The van der Waals surface area contributed by atoms with E-state index in [9.17, 15) is 4.79 Å². The molecule has 5 nitrogen and oxygen atoms in total. The summed E-state index contributed by atoms with van der Waals surface area (Å²) in [6.07, 6.45) is 1.67. The third-order valence-corrected chi connectivity index (χ3v) is 3.97. The molecule has 24 heavy (non-hydrogen) atoms. The number of hydrogen-bond acceptors (Lipinski definition) is 3. The molecular weight excluding hydrogens is 326 g/mol. The van der Waals surface area contributed by atoms with Crippen molar-refractivity contribution in [1.82, 2.24) is 9.78 Å². The molecule has 0 radical (unpaired) electrons. The fourth-order valence-electron chi connectivity index (χ4n) is 2.24. The van der Waals surface area contributed by atoms with Gasteiger partial charge in [0.1, 0.15) is 0 Å². The molecule has 1 amide bonds. The Kier molecular flexibility index (Phi) is 4.53. The zero-order valence-electron chi connectivity index (χ0n) is 13.3. The van der Waals surface area contributed by atoms with Crippen LogP contribution in [0.5, 0.6) is 5.75 Å². The van der Waals surface area contributed by atoms with Gasteiger partial charge in [-0.3, -0.25) is 4.79 Å². The molecule has 3 aromatic rings. The highest BCUT2D eigenvalue weighted by Gasteiger charge is 2.18. The quantitative estimate of drug-likeness (QED) is 0.777. The number of ether oxygens (including phenoxy) is 1. The average molecular weight is 342 g/mol. The van der Waals surface area contributed by atoms with Crippen molar-refractivity contribution in [2.45, 2.75) is 6.92 Å². The molecule has 1 aromatic heterocycles. The number of aryl methyl sites for hydroxylation is 1. The van der Waals surface area contributed by atoms with Crippen LogP contribution in [0.15, 0.2) is 54.7 Å². The number of anilines is 1. The van der Waals surface area contributed by atoms with Crippen molar-refractivity contribution in [3.8, 4) is 11.4 Å². The SMILES string of the molecule is COc1cn(-c2ccccc2)nc1C(=O)Nc1ccc(C)c(Cl)c1. The van der Waals surface area contributed by atoms with Crippen molar-refractivity contribution in [3.63, 3.8) is 0 Å². The van der Waals surface area contributed by atoms with Gasteiger partial charge in [-0.05, 0) is 36.8 Å². The first-order valence-corrected chi connectivity index (χ1v) is 7.73. The lowest BCUT2D eigenvalue weighted by atomic mass is 10.2. The Morgan fingerprint density at radius 2 is 1.96 bits per heavy atom. The second kappa shape index (κ2) is 6.76. The third-order valence-electron chi connectivity index (χ3n) is 3.57. The van der Waals surface area contributed by atoms with Crippen LogP contribution in [0, 0.1) is 6.92 Å². The fraction of sp³-hybridized carbons (Fsp3) is 0.111. The molecule has 0 saturated heterocycles. The minimum atomic E-state index is -0.360. The number of para-hydroxylation sites is 1. The van der Waals surface area contributed by atoms with Crippen LogP contribution in [0.4, 0.5) is 5.69 Å². The van der Waals surface area contributed by atoms with Crippen LogP contribution in [0.25, 0.3) is 5.69 Å². The van der Waals surface area contributed by atoms with Gasteiger partial charge in [-0.25, -0.2) is 4.68 Å². The Morgan fingerprint density at radius 3 is 2.62 bits per heavy atom. The largest absolute Gasteiger partial charge is 0.493 e. The predicted octanol–water partition coefficient (Wildman–Crippen LogP) is 4.10. The molecule has 0 saturated carbocycles. The summed E-state index contributed by atoms with van der Waals surface area (Å²) in [6.45, 7) is 1.90. The number of carbonyl (C=O) groups excluding carboxylic acids is 1. The van der Waals surface area contributed by atoms with Gasteiger partial charge in [0.25, 0.3) is 5.91 Å². The molecule has 0 bridgehead atoms. The van der Waals surface area contributed by atoms with Gasteiger partial charge in [0, 0.05) is 10.7 Å². The lowest BCUT2D eigenvalue weighted by Gasteiger charge is -2.06. The lowest BCUT2D eigenvalue weighted by molar-refractivity contribution is 0.101. The Bertz CT molecular complexity index is 875. The molecule has 6 heteroatoms. The molecule has 0 spiro atoms. The number of amides is 1. The minimum Gasteiger partial charge on any atom is -0.493 e. The highest BCUT2D eigenvalue weighted by molar-refractivity contribution is 6.31. The molecule has 2 aromatic carbocycles. The molecule has 1 N–H and O–H groups in total. The smallest absolute Gasteiger partial charge is 0.280 e. The lowest BCUT2D eigenvalue weighted by Crippen LogP contribution is -2.14. The number of rotatable bonds is 4. The normalized spacial score (nSPS) is 10.5. The number of nitrogens with zero attached hydrogens (tertiary/aromatic N) is 2. The maximum atomic E-state index is 12.5. The zero-order valence-corrected chi connectivity index (χ0v) is 14.0. The molecule has 122 valence electrons. The van der Waals surface area contributed by atoms with Gasteiger partial charge in [0.2, 0.25) is 0 Å². The van der Waals surface area contributed by atoms with E-state index < -0.39 is 0 Å². The number of halogens is 1. The molecule has 0 fully saturated rings. The van der Waals surface area contributed by atoms with E-state index in [1.54, 1.807) is 23.0 Å². The standard InChI is InChI=1S/C18H16ClN3O2/c1-12-8-9-13(10-15(12)19)20-18(23)17-16(24-2)11-22(21-17)14-6-4-3-5-7-14/h3-11H,1-2H3,(H,20,23). The Labute approximate surface area is 144 Å². The molecule has 0 unspecified atom stereocenters. The third kappa shape index (κ3) is 3.26. The average Bonchev–Trinajstić information content (AvgIpc) is 3.03. The van der Waals surface area contributed by atoms with E-state index in [2.05, 4.69) is 10.4 Å². The second-order valence-electron chi connectivity index (χ2n) is 5.24. The van der Waals surface area contributed by atoms with E-state index in [4.69, 9.17) is 16.3 Å². The summed E-state index contributed by atoms with van der Waals surface area (Å²) in [5, 5.41) is 7.71. The van der Waals surface area contributed by atoms with Crippen LogP contribution in [-0.2, 0) is 0 Å². The molecule has 0 aliphatic carbocycles. The van der Waals surface area contributed by atoms with E-state index >= 15 is 0 Å². The predicted molar refractivity (Wildman–Crippen MR) is 94.3 cm³/mol. The molecule has 0 aliphatic heterocycles. The topological polar surface area (TPSA) is 56.2 Å². The summed E-state index contributed by atoms with van der Waals surface area (Å²) in [4.78, 5) is 12.5. The van der Waals surface area contributed by atoms with Gasteiger partial charge in [-0.2, -0.15) is 5.10 Å². The summed E-state index contributed by atoms with van der Waals surface area (Å²) in [5.74, 6) is 0.0380. The Balaban J connectivity index is 1.89. The maximum absolute atomic E-state index is 12.5. The van der Waals surface area contributed by atoms with Crippen LogP contribution in [0.2, 0.25) is 5.02 Å². The van der Waals surface area contributed by atoms with Crippen LogP contribution >= 0.6 is 11.6 Å². The van der Waals surface area contributed by atoms with E-state index in [0.29, 0.717) is 16.5 Å². The van der Waals surface area contributed by atoms with Crippen LogP contribution in [0.3, 0.4) is 0 Å². The van der Waals surface area contributed by atoms with Crippen LogP contribution < -0.4 is 10.1 Å². The van der Waals surface area contributed by atoms with Crippen molar-refractivity contribution in [3.05, 3.63) is 71.0 Å². The van der Waals surface area contributed by atoms with Crippen LogP contribution in [0.1, 0.15) is 16.1 Å². The summed E-state index contributed by atoms with van der Waals surface area (Å²) in [5.41, 5.74) is 2.60. The maximum Gasteiger partial charge on any atom is 0.280 e. The van der Waals surface area contributed by atoms with Crippen LogP contribution in [-0.4, -0.2) is 22.8 Å². The van der Waals surface area contributed by atoms with E-state index in [-0.39, 0.29) is 11.6 Å². The number of carbonyl (C=O) groups is 1. The number of nitrogens with one attached hydrogen (secondary N) is 1. The van der Waals surface area contributed by atoms with Crippen molar-refractivity contribution >= 4 is 23.2 Å². The molecule has 0 aliphatic rings. The molecule has 0 atom stereocenters. The number of methoxy groups -OCH3 is 1. The van der Waals surface area contributed by atoms with Crippen molar-refractivity contribution < 1.29 is 9.53 Å². The second-order valence-corrected chi connectivity index (χ2v) is 5.65. The van der Waals surface area contributed by atoms with Gasteiger partial charge >= 0.3 is 0 Å². The Morgan fingerprint density at radius 1 is 1.21 bits per heavy atom. The fourth-order valence-corrected chi connectivity index (χ4v) is 2.42. The van der Waals surface area contributed by atoms with E-state index in [1.165, 1.54) is 7.11 Å². The minimum absolute atomic E-state index is 0.207. The first-order valence-electron chi connectivity index (χ1n) is 7.35. The zero-order chi connectivity index (χ0) is 17.1. The van der Waals surface area contributed by atoms with Crippen molar-refractivity contribution in [1.29, 1.82) is 0 Å². The summed E-state index contributed by atoms with van der Waals surface area (Å²) < 4.78 is 6.89. The number of benzene rings is 2. The summed E-state index contributed by atoms with van der Waals surface area (Å²) >= 11 is 6.09. The van der Waals surface area contributed by atoms with Gasteiger partial charge in [-0.15, -0.1) is 0 Å². The van der Waals surface area contributed by atoms with Gasteiger partial charge in [-0.1, -0.05) is 35.9 Å². The monoisotopic (exact) mass is 341 g/mol.